The van der Waals surface area contributed by atoms with E-state index < -0.39 is 29.6 Å². The minimum atomic E-state index is -1.83. The molecule has 0 unspecified atom stereocenters. The first-order chi connectivity index (χ1) is 16.4. The number of benzene rings is 3. The van der Waals surface area contributed by atoms with E-state index in [2.05, 4.69) is 24.4 Å². The van der Waals surface area contributed by atoms with E-state index in [1.165, 1.54) is 10.5 Å². The van der Waals surface area contributed by atoms with E-state index in [4.69, 9.17) is 0 Å². The lowest BCUT2D eigenvalue weighted by atomic mass is 9.96. The van der Waals surface area contributed by atoms with E-state index in [1.807, 2.05) is 60.7 Å². The van der Waals surface area contributed by atoms with Gasteiger partial charge in [0, 0.05) is 13.1 Å². The van der Waals surface area contributed by atoms with E-state index in [0.29, 0.717) is 13.1 Å². The van der Waals surface area contributed by atoms with E-state index in [-0.39, 0.29) is 0 Å². The summed E-state index contributed by atoms with van der Waals surface area (Å²) in [7, 11) is 0. The number of fused-ring (bicyclic) bond motifs is 1. The van der Waals surface area contributed by atoms with Gasteiger partial charge >= 0.3 is 0 Å². The van der Waals surface area contributed by atoms with Gasteiger partial charge in [0.05, 0.1) is 5.54 Å². The van der Waals surface area contributed by atoms with Gasteiger partial charge in [-0.15, -0.1) is 0 Å². The predicted molar refractivity (Wildman–Crippen MR) is 128 cm³/mol. The van der Waals surface area contributed by atoms with Crippen molar-refractivity contribution in [2.24, 2.45) is 0 Å². The molecule has 2 atom stereocenters. The van der Waals surface area contributed by atoms with Crippen molar-refractivity contribution < 1.29 is 19.8 Å². The highest BCUT2D eigenvalue weighted by molar-refractivity contribution is 5.91. The molecule has 3 aromatic rings. The highest BCUT2D eigenvalue weighted by atomic mass is 16.3. The largest absolute Gasteiger partial charge is 0.380 e. The Balaban J connectivity index is 1.24. The number of hydrogen-bond acceptors (Lipinski definition) is 4. The van der Waals surface area contributed by atoms with Crippen LogP contribution in [-0.2, 0) is 28.2 Å². The molecule has 34 heavy (non-hydrogen) atoms. The summed E-state index contributed by atoms with van der Waals surface area (Å²) in [6.45, 7) is 2.79. The Kier molecular flexibility index (Phi) is 5.71. The van der Waals surface area contributed by atoms with E-state index in [9.17, 15) is 19.8 Å². The molecule has 0 aromatic heterocycles. The molecule has 1 heterocycles. The van der Waals surface area contributed by atoms with Gasteiger partial charge in [-0.1, -0.05) is 72.8 Å². The van der Waals surface area contributed by atoms with E-state index in [0.717, 1.165) is 40.7 Å². The molecule has 1 aliphatic carbocycles. The first-order valence-electron chi connectivity index (χ1n) is 11.6. The van der Waals surface area contributed by atoms with Gasteiger partial charge in [0.25, 0.3) is 11.8 Å². The Hall–Kier alpha value is -3.48. The number of carbonyl (C=O) groups excluding carboxylic acids is 2. The number of aliphatic hydroxyl groups is 2. The Morgan fingerprint density at radius 2 is 1.44 bits per heavy atom. The molecule has 1 saturated carbocycles. The van der Waals surface area contributed by atoms with Gasteiger partial charge in [-0.3, -0.25) is 9.59 Å². The number of nitrogens with zero attached hydrogens (tertiary/aromatic N) is 1. The van der Waals surface area contributed by atoms with Crippen LogP contribution in [0.4, 0.5) is 0 Å². The van der Waals surface area contributed by atoms with Gasteiger partial charge in [-0.25, -0.2) is 0 Å². The SMILES string of the molecule is Cc1ccccc1-c1ccc(C2(NC(=O)[C@H](O)[C@@H](O)C(=O)N3Cc4ccccc4C3)CC2)cc1. The summed E-state index contributed by atoms with van der Waals surface area (Å²) in [5.74, 6) is -1.38. The Bertz CT molecular complexity index is 1210. The molecule has 2 amide bonds. The lowest BCUT2D eigenvalue weighted by molar-refractivity contribution is -0.154. The van der Waals surface area contributed by atoms with Crippen molar-refractivity contribution in [2.45, 2.75) is 50.6 Å². The standard InChI is InChI=1S/C28H28N2O4/c1-18-6-2-5-9-23(18)19-10-12-22(13-11-19)28(14-15-28)29-26(33)24(31)25(32)27(34)30-16-20-7-3-4-8-21(20)17-30/h2-13,24-25,31-32H,14-17H2,1H3,(H,29,33)/t24-,25-/m1/s1. The fourth-order valence-corrected chi connectivity index (χ4v) is 4.74. The molecule has 6 heteroatoms. The second kappa shape index (κ2) is 8.70. The summed E-state index contributed by atoms with van der Waals surface area (Å²) in [6.07, 6.45) is -2.17. The molecule has 3 aromatic carbocycles. The number of aryl methyl sites for hydroxylation is 1. The van der Waals surface area contributed by atoms with Gasteiger partial charge in [-0.2, -0.15) is 0 Å². The van der Waals surface area contributed by atoms with Crippen LogP contribution in [0.3, 0.4) is 0 Å². The maximum atomic E-state index is 12.8. The van der Waals surface area contributed by atoms with Crippen molar-refractivity contribution in [3.05, 3.63) is 95.1 Å². The molecule has 0 spiro atoms. The molecule has 0 bridgehead atoms. The third-order valence-electron chi connectivity index (χ3n) is 6.98. The van der Waals surface area contributed by atoms with Crippen molar-refractivity contribution in [2.75, 3.05) is 0 Å². The van der Waals surface area contributed by atoms with Crippen LogP contribution in [-0.4, -0.2) is 39.1 Å². The van der Waals surface area contributed by atoms with Crippen LogP contribution in [0.15, 0.2) is 72.8 Å². The van der Waals surface area contributed by atoms with Crippen LogP contribution in [0.1, 0.15) is 35.1 Å². The summed E-state index contributed by atoms with van der Waals surface area (Å²) in [4.78, 5) is 27.0. The Morgan fingerprint density at radius 3 is 2.03 bits per heavy atom. The van der Waals surface area contributed by atoms with Crippen molar-refractivity contribution in [1.82, 2.24) is 10.2 Å². The van der Waals surface area contributed by atoms with Crippen molar-refractivity contribution in [3.8, 4) is 11.1 Å². The highest BCUT2D eigenvalue weighted by Crippen LogP contribution is 2.46. The molecule has 6 nitrogen and oxygen atoms in total. The van der Waals surface area contributed by atoms with E-state index >= 15 is 0 Å². The Labute approximate surface area is 198 Å². The maximum absolute atomic E-state index is 12.8. The zero-order chi connectivity index (χ0) is 23.9. The zero-order valence-electron chi connectivity index (χ0n) is 19.1. The first-order valence-corrected chi connectivity index (χ1v) is 11.6. The monoisotopic (exact) mass is 456 g/mol. The van der Waals surface area contributed by atoms with Gasteiger partial charge in [-0.05, 0) is 53.1 Å². The Morgan fingerprint density at radius 1 is 0.853 bits per heavy atom. The highest BCUT2D eigenvalue weighted by Gasteiger charge is 2.47. The molecule has 1 aliphatic heterocycles. The number of hydrogen-bond donors (Lipinski definition) is 3. The van der Waals surface area contributed by atoms with E-state index in [1.54, 1.807) is 0 Å². The molecule has 5 rings (SSSR count). The summed E-state index contributed by atoms with van der Waals surface area (Å²) < 4.78 is 0. The summed E-state index contributed by atoms with van der Waals surface area (Å²) in [5.41, 5.74) is 5.82. The number of rotatable bonds is 6. The first kappa shape index (κ1) is 22.3. The quantitative estimate of drug-likeness (QED) is 0.532. The summed E-state index contributed by atoms with van der Waals surface area (Å²) in [5, 5.41) is 23.8. The third-order valence-corrected chi connectivity index (χ3v) is 6.98. The van der Waals surface area contributed by atoms with Crippen molar-refractivity contribution >= 4 is 11.8 Å². The third kappa shape index (κ3) is 4.11. The molecule has 3 N–H and O–H groups in total. The molecule has 0 saturated heterocycles. The smallest absolute Gasteiger partial charge is 0.255 e. The van der Waals surface area contributed by atoms with Crippen LogP contribution >= 0.6 is 0 Å². The van der Waals surface area contributed by atoms with Gasteiger partial charge in [0.15, 0.2) is 12.2 Å². The summed E-state index contributed by atoms with van der Waals surface area (Å²) in [6, 6.07) is 23.9. The molecular weight excluding hydrogens is 428 g/mol. The topological polar surface area (TPSA) is 89.9 Å². The fraction of sp³-hybridized carbons (Fsp3) is 0.286. The summed E-state index contributed by atoms with van der Waals surface area (Å²) >= 11 is 0. The van der Waals surface area contributed by atoms with Gasteiger partial charge in [0.2, 0.25) is 0 Å². The van der Waals surface area contributed by atoms with Crippen LogP contribution in [0.25, 0.3) is 11.1 Å². The normalized spacial score (nSPS) is 17.6. The molecule has 2 aliphatic rings. The van der Waals surface area contributed by atoms with Crippen LogP contribution in [0.2, 0.25) is 0 Å². The minimum Gasteiger partial charge on any atom is -0.380 e. The number of amides is 2. The lowest BCUT2D eigenvalue weighted by Crippen LogP contribution is -2.51. The van der Waals surface area contributed by atoms with Gasteiger partial charge in [0.1, 0.15) is 0 Å². The maximum Gasteiger partial charge on any atom is 0.255 e. The molecule has 174 valence electrons. The second-order valence-corrected chi connectivity index (χ2v) is 9.32. The average Bonchev–Trinajstić information content (AvgIpc) is 3.51. The lowest BCUT2D eigenvalue weighted by Gasteiger charge is -2.25. The zero-order valence-corrected chi connectivity index (χ0v) is 19.1. The molecule has 0 radical (unpaired) electrons. The van der Waals surface area contributed by atoms with Crippen LogP contribution < -0.4 is 5.32 Å². The van der Waals surface area contributed by atoms with Crippen molar-refractivity contribution in [1.29, 1.82) is 0 Å². The molecular formula is C28H28N2O4. The average molecular weight is 457 g/mol. The van der Waals surface area contributed by atoms with Crippen molar-refractivity contribution in [3.63, 3.8) is 0 Å². The number of carbonyl (C=O) groups is 2. The minimum absolute atomic E-state index is 0.359. The number of nitrogens with one attached hydrogen (secondary N) is 1. The fourth-order valence-electron chi connectivity index (χ4n) is 4.74. The predicted octanol–water partition coefficient (Wildman–Crippen LogP) is 3.03. The number of aliphatic hydroxyl groups excluding tert-OH is 2. The van der Waals surface area contributed by atoms with Gasteiger partial charge < -0.3 is 20.4 Å². The van der Waals surface area contributed by atoms with Crippen LogP contribution in [0, 0.1) is 6.92 Å². The van der Waals surface area contributed by atoms with Crippen LogP contribution in [0.5, 0.6) is 0 Å². The second-order valence-electron chi connectivity index (χ2n) is 9.32. The molecule has 1 fully saturated rings.